The van der Waals surface area contributed by atoms with Crippen molar-refractivity contribution in [2.24, 2.45) is 11.1 Å². The van der Waals surface area contributed by atoms with Crippen LogP contribution in [0.5, 0.6) is 0 Å². The van der Waals surface area contributed by atoms with E-state index in [0.717, 1.165) is 53.6 Å². The first-order valence-corrected chi connectivity index (χ1v) is 12.5. The molecule has 1 fully saturated rings. The molecule has 35 heavy (non-hydrogen) atoms. The van der Waals surface area contributed by atoms with Gasteiger partial charge in [-0.2, -0.15) is 0 Å². The molecule has 0 spiro atoms. The summed E-state index contributed by atoms with van der Waals surface area (Å²) in [6, 6.07) is 18.4. The van der Waals surface area contributed by atoms with Gasteiger partial charge >= 0.3 is 5.97 Å². The second-order valence-electron chi connectivity index (χ2n) is 9.54. The monoisotopic (exact) mass is 490 g/mol. The van der Waals surface area contributed by atoms with Gasteiger partial charge in [0.15, 0.2) is 0 Å². The van der Waals surface area contributed by atoms with Crippen LogP contribution in [0, 0.1) is 19.8 Å². The molecule has 0 bridgehead atoms. The third-order valence-corrected chi connectivity index (χ3v) is 7.48. The van der Waals surface area contributed by atoms with Crippen molar-refractivity contribution in [3.63, 3.8) is 0 Å². The van der Waals surface area contributed by atoms with Gasteiger partial charge in [0.1, 0.15) is 0 Å². The number of nitrogens with zero attached hydrogens (tertiary/aromatic N) is 2. The molecule has 2 N–H and O–H groups in total. The van der Waals surface area contributed by atoms with Gasteiger partial charge in [-0.25, -0.2) is 0 Å². The van der Waals surface area contributed by atoms with E-state index in [1.807, 2.05) is 31.2 Å². The summed E-state index contributed by atoms with van der Waals surface area (Å²) >= 11 is 6.24. The normalized spacial score (nSPS) is 19.3. The second kappa shape index (κ2) is 11.0. The average molecular weight is 491 g/mol. The Balaban J connectivity index is 1.63. The Bertz CT molecular complexity index is 1210. The number of halogens is 1. The fraction of sp³-hybridized carbons (Fsp3) is 0.345. The number of hydrogen-bond acceptors (Lipinski definition) is 4. The van der Waals surface area contributed by atoms with Crippen LogP contribution in [0.15, 0.2) is 65.9 Å². The molecule has 2 aromatic carbocycles. The number of pyridine rings is 1. The van der Waals surface area contributed by atoms with Crippen molar-refractivity contribution in [3.8, 4) is 0 Å². The molecule has 5 nitrogen and oxygen atoms in total. The Morgan fingerprint density at radius 1 is 1.06 bits per heavy atom. The lowest BCUT2D eigenvalue weighted by Crippen LogP contribution is -2.20. The Morgan fingerprint density at radius 3 is 2.37 bits per heavy atom. The average Bonchev–Trinajstić information content (AvgIpc) is 2.86. The van der Waals surface area contributed by atoms with Gasteiger partial charge in [-0.1, -0.05) is 47.1 Å². The van der Waals surface area contributed by atoms with Crippen LogP contribution < -0.4 is 0 Å². The maximum absolute atomic E-state index is 11.3. The largest absolute Gasteiger partial charge is 0.481 e. The number of carboxylic acids is 1. The summed E-state index contributed by atoms with van der Waals surface area (Å²) < 4.78 is 0. The highest BCUT2D eigenvalue weighted by Crippen LogP contribution is 2.38. The molecule has 1 atom stereocenters. The maximum atomic E-state index is 11.3. The van der Waals surface area contributed by atoms with Crippen LogP contribution in [-0.2, 0) is 4.79 Å². The third kappa shape index (κ3) is 5.91. The van der Waals surface area contributed by atoms with Crippen LogP contribution in [0.3, 0.4) is 0 Å². The zero-order valence-corrected chi connectivity index (χ0v) is 20.9. The van der Waals surface area contributed by atoms with Crippen molar-refractivity contribution >= 4 is 23.3 Å². The molecule has 1 aliphatic rings. The number of aliphatic carboxylic acids is 1. The Kier molecular flexibility index (Phi) is 7.86. The molecule has 0 saturated heterocycles. The van der Waals surface area contributed by atoms with Crippen molar-refractivity contribution < 1.29 is 15.1 Å². The van der Waals surface area contributed by atoms with E-state index in [4.69, 9.17) is 11.6 Å². The molecular weight excluding hydrogens is 460 g/mol. The Labute approximate surface area is 211 Å². The molecule has 4 rings (SSSR count). The van der Waals surface area contributed by atoms with E-state index in [0.29, 0.717) is 23.1 Å². The van der Waals surface area contributed by atoms with Gasteiger partial charge < -0.3 is 10.3 Å². The summed E-state index contributed by atoms with van der Waals surface area (Å²) in [6.45, 7) is 3.97. The molecule has 1 aliphatic carbocycles. The predicted octanol–water partition coefficient (Wildman–Crippen LogP) is 7.11. The van der Waals surface area contributed by atoms with Crippen LogP contribution in [0.25, 0.3) is 0 Å². The van der Waals surface area contributed by atoms with Crippen molar-refractivity contribution in [2.45, 2.75) is 57.8 Å². The quantitative estimate of drug-likeness (QED) is 0.210. The highest BCUT2D eigenvalue weighted by molar-refractivity contribution is 6.30. The number of carboxylic acid groups (broad SMARTS) is 1. The van der Waals surface area contributed by atoms with E-state index >= 15 is 0 Å². The minimum Gasteiger partial charge on any atom is -0.481 e. The topological polar surface area (TPSA) is 82.8 Å². The number of hydrogen-bond donors (Lipinski definition) is 2. The summed E-state index contributed by atoms with van der Waals surface area (Å²) in [7, 11) is 0. The van der Waals surface area contributed by atoms with E-state index in [9.17, 15) is 15.1 Å². The van der Waals surface area contributed by atoms with Crippen molar-refractivity contribution in [2.75, 3.05) is 0 Å². The minimum absolute atomic E-state index is 0.0246. The molecule has 3 aromatic rings. The number of aromatic nitrogens is 1. The van der Waals surface area contributed by atoms with Gasteiger partial charge in [0.25, 0.3) is 0 Å². The molecule has 1 aromatic heterocycles. The summed E-state index contributed by atoms with van der Waals surface area (Å²) in [5.41, 5.74) is 6.92. The van der Waals surface area contributed by atoms with Crippen LogP contribution >= 0.6 is 11.6 Å². The van der Waals surface area contributed by atoms with Crippen LogP contribution in [-0.4, -0.2) is 27.0 Å². The van der Waals surface area contributed by atoms with E-state index in [-0.39, 0.29) is 11.8 Å². The highest BCUT2D eigenvalue weighted by atomic mass is 35.5. The second-order valence-corrected chi connectivity index (χ2v) is 9.98. The van der Waals surface area contributed by atoms with Gasteiger partial charge in [-0.15, -0.1) is 0 Å². The van der Waals surface area contributed by atoms with E-state index < -0.39 is 5.97 Å². The standard InChI is InChI=1S/C29H31ClN2O3/c1-18-15-25(30)11-12-26(18)27(17-28(32-35)24-13-14-31-19(2)16-24)22-7-3-20(4-8-22)21-5-9-23(10-6-21)29(33)34/h3-4,7-8,11-16,21,23,27,35H,5-6,9-10,17H2,1-2H3,(H,33,34)/b32-28+. The molecule has 1 heterocycles. The summed E-state index contributed by atoms with van der Waals surface area (Å²) in [4.78, 5) is 15.6. The van der Waals surface area contributed by atoms with Crippen molar-refractivity contribution in [1.82, 2.24) is 4.98 Å². The lowest BCUT2D eigenvalue weighted by Gasteiger charge is -2.27. The summed E-state index contributed by atoms with van der Waals surface area (Å²) in [5, 5.41) is 23.6. The number of carbonyl (C=O) groups is 1. The first kappa shape index (κ1) is 24.9. The van der Waals surface area contributed by atoms with Gasteiger partial charge in [0, 0.05) is 34.8 Å². The molecule has 0 radical (unpaired) electrons. The lowest BCUT2D eigenvalue weighted by molar-refractivity contribution is -0.142. The fourth-order valence-electron chi connectivity index (χ4n) is 5.25. The first-order valence-electron chi connectivity index (χ1n) is 12.1. The smallest absolute Gasteiger partial charge is 0.306 e. The number of benzene rings is 2. The van der Waals surface area contributed by atoms with E-state index in [2.05, 4.69) is 47.4 Å². The van der Waals surface area contributed by atoms with E-state index in [1.165, 1.54) is 5.56 Å². The molecule has 0 amide bonds. The van der Waals surface area contributed by atoms with Gasteiger partial charge in [-0.3, -0.25) is 9.78 Å². The van der Waals surface area contributed by atoms with Gasteiger partial charge in [0.2, 0.25) is 0 Å². The minimum atomic E-state index is -0.675. The molecule has 0 aliphatic heterocycles. The Morgan fingerprint density at radius 2 is 1.77 bits per heavy atom. The summed E-state index contributed by atoms with van der Waals surface area (Å²) in [5.74, 6) is -0.519. The molecule has 6 heteroatoms. The fourth-order valence-corrected chi connectivity index (χ4v) is 5.47. The van der Waals surface area contributed by atoms with E-state index in [1.54, 1.807) is 6.20 Å². The summed E-state index contributed by atoms with van der Waals surface area (Å²) in [6.07, 6.45) is 5.52. The van der Waals surface area contributed by atoms with Crippen molar-refractivity contribution in [3.05, 3.63) is 99.3 Å². The van der Waals surface area contributed by atoms with Crippen LogP contribution in [0.4, 0.5) is 0 Å². The number of aryl methyl sites for hydroxylation is 2. The first-order chi connectivity index (χ1) is 16.9. The van der Waals surface area contributed by atoms with Crippen molar-refractivity contribution in [1.29, 1.82) is 0 Å². The van der Waals surface area contributed by atoms with Gasteiger partial charge in [-0.05, 0) is 92.0 Å². The van der Waals surface area contributed by atoms with Crippen LogP contribution in [0.1, 0.15) is 77.5 Å². The Hall–Kier alpha value is -3.18. The SMILES string of the molecule is Cc1cc(/C(CC(c2ccc(C3CCC(C(=O)O)CC3)cc2)c2ccc(Cl)cc2C)=N/O)ccn1. The van der Waals surface area contributed by atoms with Gasteiger partial charge in [0.05, 0.1) is 11.6 Å². The third-order valence-electron chi connectivity index (χ3n) is 7.24. The predicted molar refractivity (Wildman–Crippen MR) is 139 cm³/mol. The maximum Gasteiger partial charge on any atom is 0.306 e. The zero-order valence-electron chi connectivity index (χ0n) is 20.1. The van der Waals surface area contributed by atoms with Crippen LogP contribution in [0.2, 0.25) is 5.02 Å². The number of rotatable bonds is 7. The molecule has 1 unspecified atom stereocenters. The number of oxime groups is 1. The lowest BCUT2D eigenvalue weighted by atomic mass is 9.78. The zero-order chi connectivity index (χ0) is 24.9. The molecule has 1 saturated carbocycles. The molecule has 182 valence electrons. The molecular formula is C29H31ClN2O3. The highest BCUT2D eigenvalue weighted by Gasteiger charge is 2.27.